The number of carbonyl (C=O) groups excluding carboxylic acids is 1. The third-order valence-corrected chi connectivity index (χ3v) is 9.19. The van der Waals surface area contributed by atoms with Crippen LogP contribution in [-0.2, 0) is 15.1 Å². The molecule has 3 fully saturated rings. The normalized spacial score (nSPS) is 28.2. The number of benzene rings is 2. The molecule has 3 aliphatic rings. The van der Waals surface area contributed by atoms with Gasteiger partial charge in [0.2, 0.25) is 5.91 Å². The van der Waals surface area contributed by atoms with Gasteiger partial charge in [-0.15, -0.1) is 0 Å². The second-order valence-corrected chi connectivity index (χ2v) is 12.7. The quantitative estimate of drug-likeness (QED) is 0.438. The van der Waals surface area contributed by atoms with E-state index in [-0.39, 0.29) is 5.91 Å². The van der Waals surface area contributed by atoms with Gasteiger partial charge in [0.1, 0.15) is 11.4 Å². The summed E-state index contributed by atoms with van der Waals surface area (Å²) < 4.78 is 9.14. The molecule has 0 spiro atoms. The Hall–Kier alpha value is -2.70. The molecule has 1 amide bonds. The van der Waals surface area contributed by atoms with Gasteiger partial charge in [-0.1, -0.05) is 63.2 Å². The van der Waals surface area contributed by atoms with Crippen LogP contribution in [0.3, 0.4) is 0 Å². The maximum atomic E-state index is 13.3. The summed E-state index contributed by atoms with van der Waals surface area (Å²) in [5.74, 6) is 1.34. The fourth-order valence-corrected chi connectivity index (χ4v) is 7.40. The van der Waals surface area contributed by atoms with E-state index in [0.29, 0.717) is 37.8 Å². The summed E-state index contributed by atoms with van der Waals surface area (Å²) in [6, 6.07) is 20.8. The Kier molecular flexibility index (Phi) is 6.59. The van der Waals surface area contributed by atoms with E-state index in [4.69, 9.17) is 9.72 Å². The zero-order valence-electron chi connectivity index (χ0n) is 23.4. The van der Waals surface area contributed by atoms with E-state index < -0.39 is 11.0 Å². The summed E-state index contributed by atoms with van der Waals surface area (Å²) in [5, 5.41) is 0. The molecule has 3 aromatic rings. The van der Waals surface area contributed by atoms with Gasteiger partial charge >= 0.3 is 0 Å². The number of carbonyl (C=O) groups is 1. The highest BCUT2D eigenvalue weighted by atomic mass is 16.5. The molecule has 3 atom stereocenters. The van der Waals surface area contributed by atoms with Gasteiger partial charge in [0, 0.05) is 36.6 Å². The number of morpholine rings is 1. The van der Waals surface area contributed by atoms with Crippen LogP contribution in [0.25, 0.3) is 11.0 Å². The fourth-order valence-electron chi connectivity index (χ4n) is 7.40. The second-order valence-electron chi connectivity index (χ2n) is 12.7. The molecular weight excluding hydrogens is 472 g/mol. The maximum Gasteiger partial charge on any atom is 0.228 e. The Morgan fingerprint density at radius 3 is 2.39 bits per heavy atom. The molecule has 6 rings (SSSR count). The SMILES string of the molecule is Cc1nc2ccccc2n1C1C[C@H]2CC[C@H](C1)N2CCC1(c2ccccc2)CN(C(=O)C(C)(C)C)CCO1. The number of fused-ring (bicyclic) bond motifs is 3. The Bertz CT molecular complexity index is 1280. The van der Waals surface area contributed by atoms with Crippen molar-refractivity contribution in [2.45, 2.75) is 83.5 Å². The average Bonchev–Trinajstić information content (AvgIpc) is 3.37. The van der Waals surface area contributed by atoms with E-state index in [1.165, 1.54) is 36.8 Å². The van der Waals surface area contributed by atoms with Gasteiger partial charge in [-0.2, -0.15) is 0 Å². The zero-order valence-corrected chi connectivity index (χ0v) is 23.4. The molecule has 38 heavy (non-hydrogen) atoms. The number of hydrogen-bond acceptors (Lipinski definition) is 4. The number of hydrogen-bond donors (Lipinski definition) is 0. The lowest BCUT2D eigenvalue weighted by atomic mass is 9.85. The van der Waals surface area contributed by atoms with Gasteiger partial charge in [0.25, 0.3) is 0 Å². The molecule has 6 nitrogen and oxygen atoms in total. The van der Waals surface area contributed by atoms with Gasteiger partial charge in [-0.05, 0) is 56.7 Å². The molecule has 2 bridgehead atoms. The number of rotatable bonds is 5. The molecule has 0 radical (unpaired) electrons. The molecule has 202 valence electrons. The summed E-state index contributed by atoms with van der Waals surface area (Å²) in [6.45, 7) is 11.1. The van der Waals surface area contributed by atoms with Crippen LogP contribution in [0.1, 0.15) is 70.3 Å². The van der Waals surface area contributed by atoms with Crippen molar-refractivity contribution in [2.24, 2.45) is 5.41 Å². The van der Waals surface area contributed by atoms with Crippen molar-refractivity contribution in [3.63, 3.8) is 0 Å². The standard InChI is InChI=1S/C32H42N4O2/c1-23-33-28-12-8-9-13-29(28)36(23)27-20-25-14-15-26(21-27)35(25)17-16-32(24-10-6-5-7-11-24)22-34(18-19-38-32)30(37)31(2,3)4/h5-13,25-27H,14-22H2,1-4H3/t25-,26-,32?/m1/s1. The summed E-state index contributed by atoms with van der Waals surface area (Å²) in [5.41, 5.74) is 2.71. The average molecular weight is 515 g/mol. The van der Waals surface area contributed by atoms with E-state index in [0.717, 1.165) is 24.3 Å². The van der Waals surface area contributed by atoms with Gasteiger partial charge in [-0.25, -0.2) is 4.98 Å². The number of amides is 1. The molecule has 4 heterocycles. The molecular formula is C32H42N4O2. The monoisotopic (exact) mass is 514 g/mol. The first-order valence-electron chi connectivity index (χ1n) is 14.4. The predicted molar refractivity (Wildman–Crippen MR) is 151 cm³/mol. The van der Waals surface area contributed by atoms with E-state index in [1.54, 1.807) is 0 Å². The van der Waals surface area contributed by atoms with Crippen molar-refractivity contribution in [1.29, 1.82) is 0 Å². The lowest BCUT2D eigenvalue weighted by Crippen LogP contribution is -2.55. The lowest BCUT2D eigenvalue weighted by molar-refractivity contribution is -0.162. The fraction of sp³-hybridized carbons (Fsp3) is 0.562. The van der Waals surface area contributed by atoms with Crippen molar-refractivity contribution >= 4 is 16.9 Å². The van der Waals surface area contributed by atoms with Crippen LogP contribution in [0, 0.1) is 12.3 Å². The van der Waals surface area contributed by atoms with Crippen LogP contribution in [0.15, 0.2) is 54.6 Å². The molecule has 1 aromatic heterocycles. The molecule has 3 saturated heterocycles. The van der Waals surface area contributed by atoms with Crippen molar-refractivity contribution in [1.82, 2.24) is 19.4 Å². The van der Waals surface area contributed by atoms with Crippen LogP contribution < -0.4 is 0 Å². The molecule has 6 heteroatoms. The van der Waals surface area contributed by atoms with Crippen molar-refractivity contribution < 1.29 is 9.53 Å². The maximum absolute atomic E-state index is 13.3. The molecule has 3 aliphatic heterocycles. The Morgan fingerprint density at radius 1 is 1.00 bits per heavy atom. The highest BCUT2D eigenvalue weighted by molar-refractivity contribution is 5.81. The van der Waals surface area contributed by atoms with Crippen LogP contribution in [0.2, 0.25) is 0 Å². The minimum atomic E-state index is -0.464. The number of nitrogens with zero attached hydrogens (tertiary/aromatic N) is 4. The smallest absolute Gasteiger partial charge is 0.228 e. The van der Waals surface area contributed by atoms with E-state index in [1.807, 2.05) is 25.7 Å². The van der Waals surface area contributed by atoms with Gasteiger partial charge in [0.15, 0.2) is 0 Å². The minimum Gasteiger partial charge on any atom is -0.367 e. The first kappa shape index (κ1) is 25.6. The molecule has 1 unspecified atom stereocenters. The van der Waals surface area contributed by atoms with Crippen LogP contribution in [0.4, 0.5) is 0 Å². The number of aryl methyl sites for hydroxylation is 1. The second kappa shape index (κ2) is 9.80. The number of ether oxygens (including phenoxy) is 1. The topological polar surface area (TPSA) is 50.6 Å². The van der Waals surface area contributed by atoms with E-state index >= 15 is 0 Å². The molecule has 0 N–H and O–H groups in total. The van der Waals surface area contributed by atoms with Crippen LogP contribution >= 0.6 is 0 Å². The number of piperidine rings is 1. The van der Waals surface area contributed by atoms with Crippen molar-refractivity contribution in [3.05, 3.63) is 66.0 Å². The first-order chi connectivity index (χ1) is 18.2. The number of imidazole rings is 1. The predicted octanol–water partition coefficient (Wildman–Crippen LogP) is 5.70. The number of aromatic nitrogens is 2. The molecule has 2 aromatic carbocycles. The summed E-state index contributed by atoms with van der Waals surface area (Å²) in [6.07, 6.45) is 5.77. The molecule has 0 aliphatic carbocycles. The highest BCUT2D eigenvalue weighted by Crippen LogP contribution is 2.44. The summed E-state index contributed by atoms with van der Waals surface area (Å²) >= 11 is 0. The molecule has 0 saturated carbocycles. The largest absolute Gasteiger partial charge is 0.367 e. The highest BCUT2D eigenvalue weighted by Gasteiger charge is 2.46. The Labute approximate surface area is 227 Å². The lowest BCUT2D eigenvalue weighted by Gasteiger charge is -2.47. The van der Waals surface area contributed by atoms with E-state index in [2.05, 4.69) is 71.0 Å². The Morgan fingerprint density at radius 2 is 1.68 bits per heavy atom. The van der Waals surface area contributed by atoms with Crippen molar-refractivity contribution in [3.8, 4) is 0 Å². The van der Waals surface area contributed by atoms with Crippen molar-refractivity contribution in [2.75, 3.05) is 26.2 Å². The van der Waals surface area contributed by atoms with E-state index in [9.17, 15) is 4.79 Å². The van der Waals surface area contributed by atoms with Crippen LogP contribution in [-0.4, -0.2) is 63.6 Å². The first-order valence-corrected chi connectivity index (χ1v) is 14.4. The summed E-state index contributed by atoms with van der Waals surface area (Å²) in [7, 11) is 0. The number of para-hydroxylation sites is 2. The third-order valence-electron chi connectivity index (χ3n) is 9.19. The third kappa shape index (κ3) is 4.56. The van der Waals surface area contributed by atoms with Gasteiger partial charge < -0.3 is 14.2 Å². The zero-order chi connectivity index (χ0) is 26.5. The Balaban J connectivity index is 1.21. The summed E-state index contributed by atoms with van der Waals surface area (Å²) in [4.78, 5) is 23.0. The van der Waals surface area contributed by atoms with Gasteiger partial charge in [0.05, 0.1) is 24.2 Å². The minimum absolute atomic E-state index is 0.213. The van der Waals surface area contributed by atoms with Gasteiger partial charge in [-0.3, -0.25) is 9.69 Å². The van der Waals surface area contributed by atoms with Crippen LogP contribution in [0.5, 0.6) is 0 Å².